The van der Waals surface area contributed by atoms with E-state index in [1.165, 1.54) is 19.4 Å². The Hall–Kier alpha value is -0.930. The van der Waals surface area contributed by atoms with Crippen LogP contribution in [0.5, 0.6) is 5.75 Å². The number of halogens is 1. The minimum absolute atomic E-state index is 0.650. The number of hydrogen-bond donors (Lipinski definition) is 2. The maximum absolute atomic E-state index is 6.06. The summed E-state index contributed by atoms with van der Waals surface area (Å²) in [7, 11) is 1.63. The second kappa shape index (κ2) is 6.12. The minimum atomic E-state index is 0.650. The molecule has 94 valence electrons. The van der Waals surface area contributed by atoms with Crippen molar-refractivity contribution >= 4 is 17.3 Å². The minimum Gasteiger partial charge on any atom is -0.495 e. The number of rotatable bonds is 5. The molecule has 0 amide bonds. The summed E-state index contributed by atoms with van der Waals surface area (Å²) in [6, 6.07) is 6.46. The number of ether oxygens (including phenoxy) is 1. The topological polar surface area (TPSA) is 33.3 Å². The highest BCUT2D eigenvalue weighted by Gasteiger charge is 2.12. The fourth-order valence-electron chi connectivity index (χ4n) is 2.17. The number of nitrogens with one attached hydrogen (secondary N) is 2. The van der Waals surface area contributed by atoms with E-state index in [9.17, 15) is 0 Å². The maximum atomic E-state index is 6.06. The van der Waals surface area contributed by atoms with Crippen LogP contribution in [0, 0.1) is 0 Å². The van der Waals surface area contributed by atoms with Crippen LogP contribution in [0.2, 0.25) is 5.02 Å². The van der Waals surface area contributed by atoms with Gasteiger partial charge in [-0.05, 0) is 44.0 Å². The molecule has 1 fully saturated rings. The predicted octanol–water partition coefficient (Wildman–Crippen LogP) is 2.90. The van der Waals surface area contributed by atoms with Crippen LogP contribution in [-0.2, 0) is 0 Å². The van der Waals surface area contributed by atoms with Crippen LogP contribution in [0.3, 0.4) is 0 Å². The molecule has 4 heteroatoms. The van der Waals surface area contributed by atoms with Crippen molar-refractivity contribution in [3.8, 4) is 5.75 Å². The van der Waals surface area contributed by atoms with Crippen molar-refractivity contribution in [1.82, 2.24) is 5.32 Å². The fraction of sp³-hybridized carbons (Fsp3) is 0.538. The van der Waals surface area contributed by atoms with Crippen LogP contribution < -0.4 is 15.4 Å². The zero-order valence-electron chi connectivity index (χ0n) is 10.1. The number of hydrogen-bond acceptors (Lipinski definition) is 3. The molecule has 3 nitrogen and oxygen atoms in total. The first-order valence-electron chi connectivity index (χ1n) is 6.10. The Morgan fingerprint density at radius 3 is 3.06 bits per heavy atom. The van der Waals surface area contributed by atoms with Crippen LogP contribution in [0.4, 0.5) is 5.69 Å². The summed E-state index contributed by atoms with van der Waals surface area (Å²) in [5, 5.41) is 7.52. The first-order chi connectivity index (χ1) is 8.29. The van der Waals surface area contributed by atoms with Gasteiger partial charge in [0.2, 0.25) is 0 Å². The highest BCUT2D eigenvalue weighted by atomic mass is 35.5. The normalized spacial score (nSPS) is 19.3. The molecule has 1 unspecified atom stereocenters. The van der Waals surface area contributed by atoms with Gasteiger partial charge in [-0.25, -0.2) is 0 Å². The SMILES string of the molecule is COc1ccc(NCCC2CCCN2)cc1Cl. The summed E-state index contributed by atoms with van der Waals surface area (Å²) in [6.07, 6.45) is 3.76. The largest absolute Gasteiger partial charge is 0.495 e. The molecule has 1 aromatic rings. The van der Waals surface area contributed by atoms with Gasteiger partial charge in [0.25, 0.3) is 0 Å². The predicted molar refractivity (Wildman–Crippen MR) is 72.1 cm³/mol. The van der Waals surface area contributed by atoms with Crippen LogP contribution in [0.15, 0.2) is 18.2 Å². The number of methoxy groups -OCH3 is 1. The highest BCUT2D eigenvalue weighted by molar-refractivity contribution is 6.32. The van der Waals surface area contributed by atoms with Crippen molar-refractivity contribution in [2.45, 2.75) is 25.3 Å². The Morgan fingerprint density at radius 1 is 1.53 bits per heavy atom. The van der Waals surface area contributed by atoms with E-state index in [2.05, 4.69) is 10.6 Å². The molecule has 2 rings (SSSR count). The van der Waals surface area contributed by atoms with Crippen molar-refractivity contribution in [2.75, 3.05) is 25.5 Å². The van der Waals surface area contributed by atoms with Crippen molar-refractivity contribution in [3.05, 3.63) is 23.2 Å². The first-order valence-corrected chi connectivity index (χ1v) is 6.48. The summed E-state index contributed by atoms with van der Waals surface area (Å²) in [5.41, 5.74) is 1.05. The molecule has 0 radical (unpaired) electrons. The Morgan fingerprint density at radius 2 is 2.41 bits per heavy atom. The van der Waals surface area contributed by atoms with Gasteiger partial charge in [-0.3, -0.25) is 0 Å². The van der Waals surface area contributed by atoms with Gasteiger partial charge < -0.3 is 15.4 Å². The van der Waals surface area contributed by atoms with E-state index in [4.69, 9.17) is 16.3 Å². The molecule has 1 aromatic carbocycles. The summed E-state index contributed by atoms with van der Waals surface area (Å²) in [6.45, 7) is 2.14. The molecule has 1 atom stereocenters. The Labute approximate surface area is 107 Å². The van der Waals surface area contributed by atoms with Crippen molar-refractivity contribution in [1.29, 1.82) is 0 Å². The van der Waals surface area contributed by atoms with Gasteiger partial charge >= 0.3 is 0 Å². The Kier molecular flexibility index (Phi) is 4.51. The Bertz CT molecular complexity index is 364. The van der Waals surface area contributed by atoms with Crippen molar-refractivity contribution in [2.24, 2.45) is 0 Å². The molecule has 0 aliphatic carbocycles. The standard InChI is InChI=1S/C13H19ClN2O/c1-17-13-5-4-11(9-12(13)14)16-8-6-10-3-2-7-15-10/h4-5,9-10,15-16H,2-3,6-8H2,1H3. The summed E-state index contributed by atoms with van der Waals surface area (Å²) < 4.78 is 5.12. The number of anilines is 1. The van der Waals surface area contributed by atoms with Gasteiger partial charge in [0, 0.05) is 18.3 Å². The second-order valence-corrected chi connectivity index (χ2v) is 4.77. The third kappa shape index (κ3) is 3.51. The van der Waals surface area contributed by atoms with E-state index in [0.29, 0.717) is 11.1 Å². The molecule has 17 heavy (non-hydrogen) atoms. The van der Waals surface area contributed by atoms with Gasteiger partial charge in [-0.15, -0.1) is 0 Å². The third-order valence-corrected chi connectivity index (χ3v) is 3.43. The summed E-state index contributed by atoms with van der Waals surface area (Å²) >= 11 is 6.06. The van der Waals surface area contributed by atoms with E-state index in [0.717, 1.165) is 24.4 Å². The lowest BCUT2D eigenvalue weighted by Crippen LogP contribution is -2.24. The van der Waals surface area contributed by atoms with Gasteiger partial charge in [0.05, 0.1) is 12.1 Å². The molecule has 0 spiro atoms. The molecule has 2 N–H and O–H groups in total. The lowest BCUT2D eigenvalue weighted by Gasteiger charge is -2.12. The van der Waals surface area contributed by atoms with E-state index in [1.54, 1.807) is 7.11 Å². The van der Waals surface area contributed by atoms with Crippen LogP contribution in [0.25, 0.3) is 0 Å². The third-order valence-electron chi connectivity index (χ3n) is 3.14. The van der Waals surface area contributed by atoms with E-state index >= 15 is 0 Å². The van der Waals surface area contributed by atoms with Gasteiger partial charge in [0.15, 0.2) is 0 Å². The average molecular weight is 255 g/mol. The van der Waals surface area contributed by atoms with E-state index in [1.807, 2.05) is 18.2 Å². The maximum Gasteiger partial charge on any atom is 0.137 e. The zero-order valence-corrected chi connectivity index (χ0v) is 10.9. The molecule has 1 aliphatic rings. The van der Waals surface area contributed by atoms with Crippen LogP contribution in [-0.4, -0.2) is 26.2 Å². The molecule has 1 heterocycles. The van der Waals surface area contributed by atoms with E-state index < -0.39 is 0 Å². The highest BCUT2D eigenvalue weighted by Crippen LogP contribution is 2.27. The first kappa shape index (κ1) is 12.5. The molecule has 1 saturated heterocycles. The molecular formula is C13H19ClN2O. The van der Waals surface area contributed by atoms with Crippen LogP contribution >= 0.6 is 11.6 Å². The summed E-state index contributed by atoms with van der Waals surface area (Å²) in [5.74, 6) is 0.717. The van der Waals surface area contributed by atoms with Crippen LogP contribution in [0.1, 0.15) is 19.3 Å². The number of benzene rings is 1. The van der Waals surface area contributed by atoms with Gasteiger partial charge in [-0.2, -0.15) is 0 Å². The smallest absolute Gasteiger partial charge is 0.137 e. The zero-order chi connectivity index (χ0) is 12.1. The molecule has 1 aliphatic heterocycles. The quantitative estimate of drug-likeness (QED) is 0.848. The molecule has 0 saturated carbocycles. The summed E-state index contributed by atoms with van der Waals surface area (Å²) in [4.78, 5) is 0. The van der Waals surface area contributed by atoms with Crippen molar-refractivity contribution in [3.63, 3.8) is 0 Å². The van der Waals surface area contributed by atoms with Gasteiger partial charge in [0.1, 0.15) is 5.75 Å². The molecular weight excluding hydrogens is 236 g/mol. The lowest BCUT2D eigenvalue weighted by atomic mass is 10.1. The molecule has 0 aromatic heterocycles. The monoisotopic (exact) mass is 254 g/mol. The average Bonchev–Trinajstić information content (AvgIpc) is 2.82. The fourth-order valence-corrected chi connectivity index (χ4v) is 2.43. The van der Waals surface area contributed by atoms with Crippen molar-refractivity contribution < 1.29 is 4.74 Å². The second-order valence-electron chi connectivity index (χ2n) is 4.36. The Balaban J connectivity index is 1.80. The molecule has 0 bridgehead atoms. The van der Waals surface area contributed by atoms with E-state index in [-0.39, 0.29) is 0 Å². The lowest BCUT2D eigenvalue weighted by molar-refractivity contribution is 0.415. The van der Waals surface area contributed by atoms with Gasteiger partial charge in [-0.1, -0.05) is 11.6 Å².